The average Bonchev–Trinajstić information content (AvgIpc) is 2.68. The highest BCUT2D eigenvalue weighted by Gasteiger charge is 2.52. The highest BCUT2D eigenvalue weighted by Crippen LogP contribution is 2.38. The van der Waals surface area contributed by atoms with Crippen molar-refractivity contribution in [2.75, 3.05) is 0 Å². The molecule has 1 saturated carbocycles. The molecule has 0 atom stereocenters. The Labute approximate surface area is 155 Å². The Balaban J connectivity index is 1.69. The zero-order chi connectivity index (χ0) is 20.2. The zero-order valence-corrected chi connectivity index (χ0v) is 15.7. The fourth-order valence-electron chi connectivity index (χ4n) is 3.10. The van der Waals surface area contributed by atoms with Gasteiger partial charge in [-0.15, -0.1) is 0 Å². The number of carbonyl (C=O) groups is 1. The second kappa shape index (κ2) is 6.48. The molecule has 3 rings (SSSR count). The minimum atomic E-state index is -2.76. The van der Waals surface area contributed by atoms with Crippen LogP contribution >= 0.6 is 0 Å². The summed E-state index contributed by atoms with van der Waals surface area (Å²) in [5, 5.41) is 2.40. The molecule has 1 heterocycles. The molecule has 0 aromatic heterocycles. The van der Waals surface area contributed by atoms with Crippen LogP contribution in [-0.2, 0) is 20.5 Å². The van der Waals surface area contributed by atoms with E-state index in [9.17, 15) is 22.4 Å². The van der Waals surface area contributed by atoms with Crippen molar-refractivity contribution in [3.8, 4) is 0 Å². The molecule has 148 valence electrons. The van der Waals surface area contributed by atoms with E-state index in [1.54, 1.807) is 27.7 Å². The first-order valence-electron chi connectivity index (χ1n) is 8.80. The molecule has 0 bridgehead atoms. The molecule has 1 aliphatic heterocycles. The van der Waals surface area contributed by atoms with Crippen LogP contribution in [0.2, 0.25) is 0 Å². The lowest BCUT2D eigenvalue weighted by molar-refractivity contribution is -0.128. The summed E-state index contributed by atoms with van der Waals surface area (Å²) >= 11 is 0. The van der Waals surface area contributed by atoms with Gasteiger partial charge in [-0.05, 0) is 45.4 Å². The third-order valence-electron chi connectivity index (χ3n) is 5.48. The third kappa shape index (κ3) is 3.99. The van der Waals surface area contributed by atoms with Crippen LogP contribution in [0, 0.1) is 11.6 Å². The van der Waals surface area contributed by atoms with Crippen molar-refractivity contribution in [3.05, 3.63) is 29.3 Å². The van der Waals surface area contributed by atoms with Crippen molar-refractivity contribution < 1.29 is 31.7 Å². The number of amides is 1. The molecule has 27 heavy (non-hydrogen) atoms. The molecule has 1 saturated heterocycles. The topological polar surface area (TPSA) is 47.6 Å². The summed E-state index contributed by atoms with van der Waals surface area (Å²) in [6.45, 7) is 7.18. The molecule has 1 aromatic rings. The lowest BCUT2D eigenvalue weighted by atomic mass is 9.78. The molecule has 2 fully saturated rings. The Morgan fingerprint density at radius 3 is 2.19 bits per heavy atom. The van der Waals surface area contributed by atoms with Gasteiger partial charge in [0.05, 0.1) is 17.6 Å². The smallest absolute Gasteiger partial charge is 0.399 e. The van der Waals surface area contributed by atoms with Crippen LogP contribution in [0.3, 0.4) is 0 Å². The fourth-order valence-corrected chi connectivity index (χ4v) is 3.10. The monoisotopic (exact) mass is 387 g/mol. The first-order chi connectivity index (χ1) is 12.3. The van der Waals surface area contributed by atoms with E-state index in [0.717, 1.165) is 12.1 Å². The van der Waals surface area contributed by atoms with Gasteiger partial charge in [-0.3, -0.25) is 4.79 Å². The molecule has 0 radical (unpaired) electrons. The maximum Gasteiger partial charge on any atom is 0.497 e. The second-order valence-corrected chi connectivity index (χ2v) is 8.26. The van der Waals surface area contributed by atoms with Crippen molar-refractivity contribution in [2.45, 2.75) is 70.1 Å². The number of hydrogen-bond acceptors (Lipinski definition) is 3. The van der Waals surface area contributed by atoms with Crippen molar-refractivity contribution in [1.82, 2.24) is 5.32 Å². The molecule has 1 aliphatic carbocycles. The van der Waals surface area contributed by atoms with Gasteiger partial charge in [0, 0.05) is 24.3 Å². The van der Waals surface area contributed by atoms with Crippen LogP contribution in [0.4, 0.5) is 17.6 Å². The number of rotatable bonds is 4. The lowest BCUT2D eigenvalue weighted by Gasteiger charge is -2.35. The molecular formula is C18H22BF4NO3. The summed E-state index contributed by atoms with van der Waals surface area (Å²) in [6, 6.07) is 1.24. The molecule has 1 aromatic carbocycles. The minimum absolute atomic E-state index is 0.0889. The standard InChI is InChI=1S/C18H22BF4NO3/c1-16(2)17(3,4)27-19(26-16)12-7-13(20)10(5-14(12)21)6-15(25)24-11-8-18(22,23)9-11/h5,7,11H,6,8-9H2,1-4H3,(H,24,25). The van der Waals surface area contributed by atoms with Gasteiger partial charge in [0.15, 0.2) is 0 Å². The molecular weight excluding hydrogens is 365 g/mol. The molecule has 0 unspecified atom stereocenters. The molecule has 0 spiro atoms. The first-order valence-corrected chi connectivity index (χ1v) is 8.80. The molecule has 2 aliphatic rings. The number of carbonyl (C=O) groups excluding carboxylic acids is 1. The van der Waals surface area contributed by atoms with E-state index in [1.165, 1.54) is 0 Å². The van der Waals surface area contributed by atoms with Crippen LogP contribution in [-0.4, -0.2) is 36.2 Å². The highest BCUT2D eigenvalue weighted by molar-refractivity contribution is 6.62. The Hall–Kier alpha value is -1.61. The minimum Gasteiger partial charge on any atom is -0.399 e. The van der Waals surface area contributed by atoms with Gasteiger partial charge >= 0.3 is 7.12 Å². The van der Waals surface area contributed by atoms with Crippen LogP contribution < -0.4 is 10.8 Å². The van der Waals surface area contributed by atoms with E-state index in [0.29, 0.717) is 0 Å². The van der Waals surface area contributed by atoms with E-state index >= 15 is 0 Å². The van der Waals surface area contributed by atoms with E-state index in [4.69, 9.17) is 9.31 Å². The van der Waals surface area contributed by atoms with Gasteiger partial charge < -0.3 is 14.6 Å². The highest BCUT2D eigenvalue weighted by atomic mass is 19.3. The van der Waals surface area contributed by atoms with Gasteiger partial charge in [-0.2, -0.15) is 0 Å². The van der Waals surface area contributed by atoms with Crippen molar-refractivity contribution in [1.29, 1.82) is 0 Å². The summed E-state index contributed by atoms with van der Waals surface area (Å²) < 4.78 is 66.0. The number of hydrogen-bond donors (Lipinski definition) is 1. The second-order valence-electron chi connectivity index (χ2n) is 8.26. The van der Waals surface area contributed by atoms with Gasteiger partial charge in [0.1, 0.15) is 11.6 Å². The summed E-state index contributed by atoms with van der Waals surface area (Å²) in [7, 11) is -1.07. The number of halogens is 4. The van der Waals surface area contributed by atoms with Crippen molar-refractivity contribution >= 4 is 18.5 Å². The van der Waals surface area contributed by atoms with E-state index in [2.05, 4.69) is 5.32 Å². The summed E-state index contributed by atoms with van der Waals surface area (Å²) in [6.07, 6.45) is -1.30. The summed E-state index contributed by atoms with van der Waals surface area (Å²) in [5.41, 5.74) is -1.65. The SMILES string of the molecule is CC1(C)OB(c2cc(F)c(CC(=O)NC3CC(F)(F)C3)cc2F)OC1(C)C. The van der Waals surface area contributed by atoms with Crippen LogP contribution in [0.5, 0.6) is 0 Å². The van der Waals surface area contributed by atoms with Gasteiger partial charge in [0.2, 0.25) is 5.91 Å². The van der Waals surface area contributed by atoms with E-state index < -0.39 is 67.1 Å². The maximum absolute atomic E-state index is 14.5. The van der Waals surface area contributed by atoms with Gasteiger partial charge in [-0.25, -0.2) is 17.6 Å². The molecule has 9 heteroatoms. The number of benzene rings is 1. The van der Waals surface area contributed by atoms with Crippen LogP contribution in [0.1, 0.15) is 46.1 Å². The maximum atomic E-state index is 14.5. The van der Waals surface area contributed by atoms with E-state index in [-0.39, 0.29) is 11.0 Å². The predicted octanol–water partition coefficient (Wildman–Crippen LogP) is 2.72. The fraction of sp³-hybridized carbons (Fsp3) is 0.611. The Kier molecular flexibility index (Phi) is 4.83. The summed E-state index contributed by atoms with van der Waals surface area (Å²) in [5.74, 6) is -4.93. The molecule has 1 N–H and O–H groups in total. The number of nitrogens with one attached hydrogen (secondary N) is 1. The molecule has 1 amide bonds. The normalized spacial score (nSPS) is 23.2. The first kappa shape index (κ1) is 20.1. The largest absolute Gasteiger partial charge is 0.497 e. The average molecular weight is 387 g/mol. The zero-order valence-electron chi connectivity index (χ0n) is 15.7. The van der Waals surface area contributed by atoms with Crippen molar-refractivity contribution in [2.24, 2.45) is 0 Å². The predicted molar refractivity (Wildman–Crippen MR) is 91.9 cm³/mol. The molecule has 4 nitrogen and oxygen atoms in total. The third-order valence-corrected chi connectivity index (χ3v) is 5.48. The quantitative estimate of drug-likeness (QED) is 0.639. The number of alkyl halides is 2. The van der Waals surface area contributed by atoms with Gasteiger partial charge in [-0.1, -0.05) is 0 Å². The van der Waals surface area contributed by atoms with Gasteiger partial charge in [0.25, 0.3) is 5.92 Å². The Bertz CT molecular complexity index is 745. The summed E-state index contributed by atoms with van der Waals surface area (Å²) in [4.78, 5) is 11.9. The van der Waals surface area contributed by atoms with Crippen LogP contribution in [0.25, 0.3) is 0 Å². The van der Waals surface area contributed by atoms with Crippen LogP contribution in [0.15, 0.2) is 12.1 Å². The van der Waals surface area contributed by atoms with Crippen molar-refractivity contribution in [3.63, 3.8) is 0 Å². The van der Waals surface area contributed by atoms with E-state index in [1.807, 2.05) is 0 Å². The Morgan fingerprint density at radius 2 is 1.67 bits per heavy atom. The lowest BCUT2D eigenvalue weighted by Crippen LogP contribution is -2.50. The Morgan fingerprint density at radius 1 is 1.11 bits per heavy atom.